The highest BCUT2D eigenvalue weighted by molar-refractivity contribution is 5.76. The van der Waals surface area contributed by atoms with Crippen LogP contribution in [0.15, 0.2) is 97.2 Å². The molecule has 71 heavy (non-hydrogen) atoms. The first-order chi connectivity index (χ1) is 34.8. The number of amides is 1. The van der Waals surface area contributed by atoms with Gasteiger partial charge in [-0.1, -0.05) is 246 Å². The normalized spacial score (nSPS) is 20.0. The number of carbonyl (C=O) groups is 1. The molecule has 0 saturated carbocycles. The van der Waals surface area contributed by atoms with Gasteiger partial charge in [0.2, 0.25) is 5.91 Å². The number of rotatable bonds is 48. The lowest BCUT2D eigenvalue weighted by Gasteiger charge is -2.40. The summed E-state index contributed by atoms with van der Waals surface area (Å²) in [6.45, 7) is 3.71. The Morgan fingerprint density at radius 2 is 0.873 bits per heavy atom. The van der Waals surface area contributed by atoms with Gasteiger partial charge in [-0.3, -0.25) is 4.79 Å². The molecule has 7 unspecified atom stereocenters. The molecule has 0 aromatic rings. The van der Waals surface area contributed by atoms with E-state index in [9.17, 15) is 30.3 Å². The van der Waals surface area contributed by atoms with E-state index in [1.807, 2.05) is 0 Å². The molecule has 1 aliphatic rings. The summed E-state index contributed by atoms with van der Waals surface area (Å²) in [7, 11) is 0. The minimum atomic E-state index is -1.56. The van der Waals surface area contributed by atoms with Crippen LogP contribution < -0.4 is 5.32 Å². The van der Waals surface area contributed by atoms with E-state index in [1.165, 1.54) is 103 Å². The Hall–Kier alpha value is -2.89. The Morgan fingerprint density at radius 3 is 1.30 bits per heavy atom. The van der Waals surface area contributed by atoms with Gasteiger partial charge in [0.15, 0.2) is 6.29 Å². The van der Waals surface area contributed by atoms with Crippen molar-refractivity contribution in [3.05, 3.63) is 97.2 Å². The van der Waals surface area contributed by atoms with Crippen molar-refractivity contribution >= 4 is 5.91 Å². The first-order valence-electron chi connectivity index (χ1n) is 28.9. The van der Waals surface area contributed by atoms with Crippen LogP contribution in [-0.4, -0.2) is 87.5 Å². The van der Waals surface area contributed by atoms with E-state index in [-0.39, 0.29) is 12.5 Å². The highest BCUT2D eigenvalue weighted by Gasteiger charge is 2.44. The molecule has 7 atom stereocenters. The molecule has 9 heteroatoms. The molecule has 1 heterocycles. The number of aliphatic hydroxyl groups is 5. The van der Waals surface area contributed by atoms with E-state index in [0.29, 0.717) is 12.8 Å². The number of carbonyl (C=O) groups excluding carboxylic acids is 1. The molecule has 1 fully saturated rings. The van der Waals surface area contributed by atoms with Crippen LogP contribution in [0.2, 0.25) is 0 Å². The molecule has 6 N–H and O–H groups in total. The van der Waals surface area contributed by atoms with Crippen molar-refractivity contribution in [3.63, 3.8) is 0 Å². The summed E-state index contributed by atoms with van der Waals surface area (Å²) in [5.74, 6) is -0.171. The fourth-order valence-electron chi connectivity index (χ4n) is 8.65. The number of unbranched alkanes of at least 4 members (excludes halogenated alkanes) is 22. The zero-order valence-electron chi connectivity index (χ0n) is 45.2. The van der Waals surface area contributed by atoms with Crippen molar-refractivity contribution in [1.29, 1.82) is 0 Å². The van der Waals surface area contributed by atoms with E-state index < -0.39 is 49.5 Å². The number of ether oxygens (including phenoxy) is 2. The van der Waals surface area contributed by atoms with E-state index in [0.717, 1.165) is 103 Å². The fourth-order valence-corrected chi connectivity index (χ4v) is 8.65. The quantitative estimate of drug-likeness (QED) is 0.0261. The van der Waals surface area contributed by atoms with Crippen LogP contribution in [0.25, 0.3) is 0 Å². The second kappa shape index (κ2) is 50.6. The van der Waals surface area contributed by atoms with Crippen LogP contribution in [0, 0.1) is 0 Å². The Kier molecular flexibility index (Phi) is 47.2. The summed E-state index contributed by atoms with van der Waals surface area (Å²) in [6.07, 6.45) is 65.6. The van der Waals surface area contributed by atoms with Gasteiger partial charge in [0.25, 0.3) is 0 Å². The third-order valence-corrected chi connectivity index (χ3v) is 13.2. The number of allylic oxidation sites excluding steroid dienone is 16. The molecule has 0 aromatic carbocycles. The lowest BCUT2D eigenvalue weighted by Crippen LogP contribution is -2.60. The highest BCUT2D eigenvalue weighted by Crippen LogP contribution is 2.23. The van der Waals surface area contributed by atoms with Crippen molar-refractivity contribution in [3.8, 4) is 0 Å². The Bertz CT molecular complexity index is 1430. The van der Waals surface area contributed by atoms with E-state index in [2.05, 4.69) is 116 Å². The monoisotopic (exact) mass is 994 g/mol. The van der Waals surface area contributed by atoms with Gasteiger partial charge in [-0.15, -0.1) is 0 Å². The van der Waals surface area contributed by atoms with Crippen molar-refractivity contribution < 1.29 is 39.8 Å². The van der Waals surface area contributed by atoms with Crippen molar-refractivity contribution in [2.45, 2.75) is 275 Å². The zero-order valence-corrected chi connectivity index (χ0v) is 45.2. The van der Waals surface area contributed by atoms with Gasteiger partial charge in [0.1, 0.15) is 24.4 Å². The predicted octanol–water partition coefficient (Wildman–Crippen LogP) is 14.4. The molecule has 0 aliphatic carbocycles. The molecule has 0 bridgehead atoms. The minimum Gasteiger partial charge on any atom is -0.394 e. The van der Waals surface area contributed by atoms with E-state index in [4.69, 9.17) is 9.47 Å². The Labute approximate surface area is 434 Å². The molecule has 1 amide bonds. The van der Waals surface area contributed by atoms with Crippen LogP contribution in [-0.2, 0) is 14.3 Å². The standard InChI is InChI=1S/C62H107NO8/c1-3-5-7-9-11-13-15-17-19-21-23-24-25-26-27-28-29-30-31-32-34-36-38-40-42-44-46-48-50-52-58(66)63-55(54-70-62-61(69)60(68)59(67)57(53-64)71-62)56(65)51-49-47-45-43-41-39-37-35-33-22-20-18-16-14-12-10-8-6-4-2/h5,7,11,13,17,19,23-24,26-27,29-30,32,34,38,40,55-57,59-62,64-65,67-69H,3-4,6,8-10,12,14-16,18,20-22,25,28,31,33,35-37,39,41-54H2,1-2H3,(H,63,66)/b7-5-,13-11-,19-17-,24-23-,27-26-,30-29-,34-32-,40-38-. The molecule has 0 aromatic heterocycles. The average molecular weight is 995 g/mol. The molecular weight excluding hydrogens is 887 g/mol. The largest absolute Gasteiger partial charge is 0.394 e. The van der Waals surface area contributed by atoms with Gasteiger partial charge in [-0.2, -0.15) is 0 Å². The SMILES string of the molecule is CC/C=C\C/C=C\C/C=C\C/C=C\C/C=C\C/C=C\C/C=C\C/C=C\CCCCCCC(=O)NC(COC1OC(CO)C(O)C(O)C1O)C(O)CCCCCCCCCCCCCCCCCCCCC. The van der Waals surface area contributed by atoms with E-state index >= 15 is 0 Å². The summed E-state index contributed by atoms with van der Waals surface area (Å²) >= 11 is 0. The second-order valence-electron chi connectivity index (χ2n) is 19.7. The lowest BCUT2D eigenvalue weighted by atomic mass is 9.99. The van der Waals surface area contributed by atoms with Gasteiger partial charge in [-0.25, -0.2) is 0 Å². The van der Waals surface area contributed by atoms with E-state index in [1.54, 1.807) is 0 Å². The molecule has 1 aliphatic heterocycles. The summed E-state index contributed by atoms with van der Waals surface area (Å²) in [5.41, 5.74) is 0. The topological polar surface area (TPSA) is 149 Å². The van der Waals surface area contributed by atoms with Gasteiger partial charge in [0.05, 0.1) is 25.4 Å². The van der Waals surface area contributed by atoms with Crippen LogP contribution in [0.5, 0.6) is 0 Å². The minimum absolute atomic E-state index is 0.154. The lowest BCUT2D eigenvalue weighted by molar-refractivity contribution is -0.302. The van der Waals surface area contributed by atoms with Crippen molar-refractivity contribution in [1.82, 2.24) is 5.32 Å². The van der Waals surface area contributed by atoms with Crippen LogP contribution in [0.1, 0.15) is 232 Å². The molecular formula is C62H107NO8. The molecule has 1 rings (SSSR count). The molecule has 1 saturated heterocycles. The molecule has 408 valence electrons. The van der Waals surface area contributed by atoms with Crippen LogP contribution >= 0.6 is 0 Å². The summed E-state index contributed by atoms with van der Waals surface area (Å²) < 4.78 is 11.3. The van der Waals surface area contributed by atoms with Gasteiger partial charge in [0, 0.05) is 6.42 Å². The second-order valence-corrected chi connectivity index (χ2v) is 19.7. The fraction of sp³-hybridized carbons (Fsp3) is 0.726. The van der Waals surface area contributed by atoms with Gasteiger partial charge >= 0.3 is 0 Å². The van der Waals surface area contributed by atoms with Crippen molar-refractivity contribution in [2.24, 2.45) is 0 Å². The third kappa shape index (κ3) is 40.2. The number of hydrogen-bond donors (Lipinski definition) is 6. The van der Waals surface area contributed by atoms with Gasteiger partial charge in [-0.05, 0) is 77.0 Å². The smallest absolute Gasteiger partial charge is 0.220 e. The molecule has 9 nitrogen and oxygen atoms in total. The summed E-state index contributed by atoms with van der Waals surface area (Å²) in [6, 6.07) is -0.741. The van der Waals surface area contributed by atoms with Crippen LogP contribution in [0.3, 0.4) is 0 Å². The molecule has 0 spiro atoms. The third-order valence-electron chi connectivity index (χ3n) is 13.2. The summed E-state index contributed by atoms with van der Waals surface area (Å²) in [4.78, 5) is 13.1. The van der Waals surface area contributed by atoms with Gasteiger partial charge < -0.3 is 40.3 Å². The maximum atomic E-state index is 13.1. The first kappa shape index (κ1) is 66.1. The maximum absolute atomic E-state index is 13.1. The average Bonchev–Trinajstić information content (AvgIpc) is 3.37. The van der Waals surface area contributed by atoms with Crippen LogP contribution in [0.4, 0.5) is 0 Å². The maximum Gasteiger partial charge on any atom is 0.220 e. The number of nitrogens with one attached hydrogen (secondary N) is 1. The Morgan fingerprint density at radius 1 is 0.493 bits per heavy atom. The first-order valence-corrected chi connectivity index (χ1v) is 28.9. The predicted molar refractivity (Wildman–Crippen MR) is 299 cm³/mol. The number of hydrogen-bond acceptors (Lipinski definition) is 8. The molecule has 0 radical (unpaired) electrons. The zero-order chi connectivity index (χ0) is 51.5. The summed E-state index contributed by atoms with van der Waals surface area (Å²) in [5, 5.41) is 54.7. The highest BCUT2D eigenvalue weighted by atomic mass is 16.7. The Balaban J connectivity index is 2.26. The number of aliphatic hydroxyl groups excluding tert-OH is 5. The van der Waals surface area contributed by atoms with Crippen molar-refractivity contribution in [2.75, 3.05) is 13.2 Å².